The summed E-state index contributed by atoms with van der Waals surface area (Å²) in [6.45, 7) is 8.76. The number of hydrogen-bond acceptors (Lipinski definition) is 3. The predicted molar refractivity (Wildman–Crippen MR) is 76.4 cm³/mol. The smallest absolute Gasteiger partial charge is 0.324 e. The van der Waals surface area contributed by atoms with Crippen LogP contribution in [0.3, 0.4) is 0 Å². The molecule has 1 aliphatic carbocycles. The number of carbonyl (C=O) groups excluding carboxylic acids is 2. The van der Waals surface area contributed by atoms with E-state index >= 15 is 0 Å². The van der Waals surface area contributed by atoms with Gasteiger partial charge in [0.2, 0.25) is 0 Å². The molecule has 116 valence electrons. The molecule has 0 aliphatic heterocycles. The summed E-state index contributed by atoms with van der Waals surface area (Å²) >= 11 is 0. The van der Waals surface area contributed by atoms with Crippen LogP contribution in [0.25, 0.3) is 0 Å². The monoisotopic (exact) mass is 304 g/mol. The highest BCUT2D eigenvalue weighted by molar-refractivity contribution is 7.52. The Morgan fingerprint density at radius 2 is 1.75 bits per heavy atom. The van der Waals surface area contributed by atoms with Crippen LogP contribution < -0.4 is 0 Å². The summed E-state index contributed by atoms with van der Waals surface area (Å²) in [5.41, 5.74) is -2.45. The number of carbonyl (C=O) groups is 2. The number of ketones is 2. The van der Waals surface area contributed by atoms with Gasteiger partial charge in [0.1, 0.15) is 11.9 Å². The van der Waals surface area contributed by atoms with Crippen molar-refractivity contribution in [1.29, 1.82) is 0 Å². The van der Waals surface area contributed by atoms with Crippen molar-refractivity contribution in [1.82, 2.24) is 0 Å². The minimum atomic E-state index is -4.41. The van der Waals surface area contributed by atoms with Crippen LogP contribution in [0, 0.1) is 16.2 Å². The van der Waals surface area contributed by atoms with E-state index in [1.54, 1.807) is 20.8 Å². The topological polar surface area (TPSA) is 91.7 Å². The molecule has 2 N–H and O–H groups in total. The van der Waals surface area contributed by atoms with E-state index in [2.05, 4.69) is 0 Å². The Hall–Kier alpha value is -0.510. The van der Waals surface area contributed by atoms with Crippen LogP contribution in [0.5, 0.6) is 0 Å². The molecule has 1 fully saturated rings. The predicted octanol–water partition coefficient (Wildman–Crippen LogP) is 2.54. The summed E-state index contributed by atoms with van der Waals surface area (Å²) < 4.78 is 11.1. The Bertz CT molecular complexity index is 474. The molecule has 0 saturated heterocycles. The zero-order valence-electron chi connectivity index (χ0n) is 12.9. The third-order valence-corrected chi connectivity index (χ3v) is 5.72. The molecule has 20 heavy (non-hydrogen) atoms. The normalized spacial score (nSPS) is 27.4. The molecule has 0 aromatic rings. The number of hydrogen-bond donors (Lipinski definition) is 2. The van der Waals surface area contributed by atoms with Gasteiger partial charge in [-0.25, -0.2) is 0 Å². The molecule has 1 unspecified atom stereocenters. The molecule has 0 bridgehead atoms. The van der Waals surface area contributed by atoms with Gasteiger partial charge in [-0.15, -0.1) is 0 Å². The quantitative estimate of drug-likeness (QED) is 0.779. The molecule has 1 aliphatic rings. The lowest BCUT2D eigenvalue weighted by molar-refractivity contribution is -0.155. The van der Waals surface area contributed by atoms with Gasteiger partial charge in [0.25, 0.3) is 0 Å². The van der Waals surface area contributed by atoms with Gasteiger partial charge in [0, 0.05) is 16.2 Å². The Morgan fingerprint density at radius 3 is 2.20 bits per heavy atom. The molecular weight excluding hydrogens is 279 g/mol. The average Bonchev–Trinajstić information content (AvgIpc) is 2.23. The average molecular weight is 304 g/mol. The molecule has 0 aromatic heterocycles. The second-order valence-corrected chi connectivity index (χ2v) is 8.92. The lowest BCUT2D eigenvalue weighted by Crippen LogP contribution is -2.54. The fourth-order valence-electron chi connectivity index (χ4n) is 3.15. The molecule has 6 heteroatoms. The SMILES string of the molecule is CC1(C)CCCC(C)(C(C)(C)C(=O)CP(=O)(O)O)C1=O. The maximum absolute atomic E-state index is 12.7. The first kappa shape index (κ1) is 17.5. The second-order valence-electron chi connectivity index (χ2n) is 7.27. The van der Waals surface area contributed by atoms with Gasteiger partial charge in [0.15, 0.2) is 5.78 Å². The third kappa shape index (κ3) is 3.05. The van der Waals surface area contributed by atoms with Gasteiger partial charge in [-0.1, -0.05) is 41.0 Å². The molecule has 0 aromatic carbocycles. The van der Waals surface area contributed by atoms with Crippen molar-refractivity contribution in [3.8, 4) is 0 Å². The molecule has 0 heterocycles. The molecule has 0 spiro atoms. The van der Waals surface area contributed by atoms with Gasteiger partial charge < -0.3 is 9.79 Å². The van der Waals surface area contributed by atoms with E-state index in [1.807, 2.05) is 13.8 Å². The van der Waals surface area contributed by atoms with E-state index in [-0.39, 0.29) is 5.78 Å². The largest absolute Gasteiger partial charge is 0.332 e. The lowest BCUT2D eigenvalue weighted by atomic mass is 9.52. The van der Waals surface area contributed by atoms with E-state index in [0.717, 1.165) is 12.8 Å². The molecular formula is C14H25O5P. The molecule has 0 radical (unpaired) electrons. The highest BCUT2D eigenvalue weighted by Gasteiger charge is 2.56. The van der Waals surface area contributed by atoms with Crippen molar-refractivity contribution in [2.24, 2.45) is 16.2 Å². The molecule has 0 amide bonds. The third-order valence-electron chi connectivity index (χ3n) is 5.02. The summed E-state index contributed by atoms with van der Waals surface area (Å²) in [6, 6.07) is 0. The zero-order chi connectivity index (χ0) is 16.0. The van der Waals surface area contributed by atoms with Gasteiger partial charge in [0.05, 0.1) is 0 Å². The van der Waals surface area contributed by atoms with Crippen molar-refractivity contribution in [2.75, 3.05) is 6.16 Å². The van der Waals surface area contributed by atoms with Crippen LogP contribution in [0.1, 0.15) is 53.9 Å². The number of rotatable bonds is 4. The Morgan fingerprint density at radius 1 is 1.25 bits per heavy atom. The van der Waals surface area contributed by atoms with E-state index in [4.69, 9.17) is 9.79 Å². The summed E-state index contributed by atoms with van der Waals surface area (Å²) in [5, 5.41) is 0. The molecule has 1 atom stereocenters. The fourth-order valence-corrected chi connectivity index (χ4v) is 3.92. The Balaban J connectivity index is 3.15. The van der Waals surface area contributed by atoms with Gasteiger partial charge >= 0.3 is 7.60 Å². The maximum atomic E-state index is 12.7. The van der Waals surface area contributed by atoms with Crippen molar-refractivity contribution in [3.05, 3.63) is 0 Å². The highest BCUT2D eigenvalue weighted by atomic mass is 31.2. The van der Waals surface area contributed by atoms with Crippen LogP contribution in [-0.2, 0) is 14.2 Å². The van der Waals surface area contributed by atoms with Crippen LogP contribution >= 0.6 is 7.60 Å². The highest BCUT2D eigenvalue weighted by Crippen LogP contribution is 2.54. The minimum absolute atomic E-state index is 0.0142. The van der Waals surface area contributed by atoms with Crippen LogP contribution in [0.4, 0.5) is 0 Å². The summed E-state index contributed by atoms with van der Waals surface area (Å²) in [7, 11) is -4.41. The first-order valence-electron chi connectivity index (χ1n) is 6.87. The van der Waals surface area contributed by atoms with E-state index in [1.165, 1.54) is 0 Å². The molecule has 1 saturated carbocycles. The minimum Gasteiger partial charge on any atom is -0.324 e. The second kappa shape index (κ2) is 5.04. The summed E-state index contributed by atoms with van der Waals surface area (Å²) in [5.74, 6) is -0.528. The first-order chi connectivity index (χ1) is 8.74. The Labute approximate surface area is 120 Å². The van der Waals surface area contributed by atoms with Crippen LogP contribution in [0.15, 0.2) is 0 Å². The van der Waals surface area contributed by atoms with Crippen molar-refractivity contribution in [3.63, 3.8) is 0 Å². The van der Waals surface area contributed by atoms with Crippen LogP contribution in [-0.4, -0.2) is 27.5 Å². The van der Waals surface area contributed by atoms with Crippen molar-refractivity contribution >= 4 is 19.2 Å². The summed E-state index contributed by atoms with van der Waals surface area (Å²) in [4.78, 5) is 43.1. The summed E-state index contributed by atoms with van der Waals surface area (Å²) in [6.07, 6.45) is 1.39. The lowest BCUT2D eigenvalue weighted by Gasteiger charge is -2.49. The van der Waals surface area contributed by atoms with Gasteiger partial charge in [-0.3, -0.25) is 14.2 Å². The zero-order valence-corrected chi connectivity index (χ0v) is 13.8. The van der Waals surface area contributed by atoms with Gasteiger partial charge in [-0.05, 0) is 12.8 Å². The molecule has 5 nitrogen and oxygen atoms in total. The Kier molecular flexibility index (Phi) is 4.42. The molecule has 1 rings (SSSR count). The first-order valence-corrected chi connectivity index (χ1v) is 8.67. The van der Waals surface area contributed by atoms with E-state index < -0.39 is 35.8 Å². The maximum Gasteiger partial charge on any atom is 0.332 e. The van der Waals surface area contributed by atoms with Crippen molar-refractivity contribution in [2.45, 2.75) is 53.9 Å². The van der Waals surface area contributed by atoms with Crippen molar-refractivity contribution < 1.29 is 23.9 Å². The standard InChI is InChI=1S/C14H25O5P/c1-12(2)7-6-8-14(5,11(12)16)13(3,4)10(15)9-20(17,18)19/h6-9H2,1-5H3,(H2,17,18,19). The van der Waals surface area contributed by atoms with E-state index in [9.17, 15) is 14.2 Å². The fraction of sp³-hybridized carbons (Fsp3) is 0.857. The van der Waals surface area contributed by atoms with E-state index in [0.29, 0.717) is 6.42 Å². The van der Waals surface area contributed by atoms with Crippen LogP contribution in [0.2, 0.25) is 0 Å². The number of Topliss-reactive ketones (excluding diaryl/α,β-unsaturated/α-hetero) is 2. The van der Waals surface area contributed by atoms with Gasteiger partial charge in [-0.2, -0.15) is 0 Å².